The van der Waals surface area contributed by atoms with Crippen molar-refractivity contribution in [2.45, 2.75) is 6.92 Å². The van der Waals surface area contributed by atoms with Crippen LogP contribution >= 0.6 is 54.5 Å². The van der Waals surface area contributed by atoms with E-state index in [9.17, 15) is 9.59 Å². The molecule has 0 aliphatic heterocycles. The van der Waals surface area contributed by atoms with Crippen LogP contribution in [0.4, 0.5) is 0 Å². The molecule has 0 bridgehead atoms. The number of amides is 1. The fraction of sp³-hybridized carbons (Fsp3) is 0.0476. The first-order valence-corrected chi connectivity index (χ1v) is 11.2. The lowest BCUT2D eigenvalue weighted by Gasteiger charge is -2.11. The van der Waals surface area contributed by atoms with Crippen LogP contribution in [0.1, 0.15) is 32.0 Å². The van der Waals surface area contributed by atoms with Crippen molar-refractivity contribution in [3.05, 3.63) is 89.6 Å². The van der Waals surface area contributed by atoms with Gasteiger partial charge in [-0.2, -0.15) is 5.10 Å². The summed E-state index contributed by atoms with van der Waals surface area (Å²) in [6.45, 7) is 1.84. The van der Waals surface area contributed by atoms with Gasteiger partial charge in [-0.3, -0.25) is 9.78 Å². The van der Waals surface area contributed by atoms with Crippen LogP contribution in [-0.4, -0.2) is 23.1 Å². The minimum Gasteiger partial charge on any atom is -0.421 e. The van der Waals surface area contributed by atoms with Gasteiger partial charge in [-0.25, -0.2) is 10.2 Å². The highest BCUT2D eigenvalue weighted by Crippen LogP contribution is 2.33. The van der Waals surface area contributed by atoms with E-state index in [2.05, 4.69) is 70.0 Å². The SMILES string of the molecule is Cc1ccc(C(=O)N/N=C/c2cc(Br)cc(Br)c2OC(=O)c2ccccc2I)cn1. The van der Waals surface area contributed by atoms with Gasteiger partial charge in [0.25, 0.3) is 5.91 Å². The second kappa shape index (κ2) is 10.3. The maximum absolute atomic E-state index is 12.6. The monoisotopic (exact) mass is 641 g/mol. The molecule has 0 unspecified atom stereocenters. The van der Waals surface area contributed by atoms with E-state index >= 15 is 0 Å². The average molecular weight is 643 g/mol. The number of carbonyl (C=O) groups excluding carboxylic acids is 2. The van der Waals surface area contributed by atoms with Gasteiger partial charge in [0.05, 0.1) is 21.8 Å². The smallest absolute Gasteiger partial charge is 0.344 e. The van der Waals surface area contributed by atoms with Crippen LogP contribution in [0.25, 0.3) is 0 Å². The number of esters is 1. The molecule has 6 nitrogen and oxygen atoms in total. The Bertz CT molecular complexity index is 1130. The minimum atomic E-state index is -0.493. The van der Waals surface area contributed by atoms with Crippen LogP contribution in [-0.2, 0) is 0 Å². The van der Waals surface area contributed by atoms with Crippen LogP contribution in [0, 0.1) is 10.5 Å². The second-order valence-corrected chi connectivity index (χ2v) is 8.99. The van der Waals surface area contributed by atoms with Crippen molar-refractivity contribution in [1.29, 1.82) is 0 Å². The maximum Gasteiger partial charge on any atom is 0.344 e. The van der Waals surface area contributed by atoms with Crippen LogP contribution in [0.2, 0.25) is 0 Å². The molecular weight excluding hydrogens is 629 g/mol. The Morgan fingerprint density at radius 3 is 2.63 bits per heavy atom. The number of aromatic nitrogens is 1. The molecule has 30 heavy (non-hydrogen) atoms. The molecule has 1 N–H and O–H groups in total. The Balaban J connectivity index is 1.81. The molecule has 2 aromatic carbocycles. The first kappa shape index (κ1) is 22.6. The molecule has 0 saturated heterocycles. The number of halogens is 3. The zero-order chi connectivity index (χ0) is 21.7. The standard InChI is InChI=1S/C21H14Br2IN3O3/c1-12-6-7-13(10-25-12)20(28)27-26-11-14-8-15(22)9-17(23)19(14)30-21(29)16-4-2-3-5-18(16)24/h2-11H,1H3,(H,27,28)/b26-11+. The number of nitrogens with zero attached hydrogens (tertiary/aromatic N) is 2. The number of hydrogen-bond acceptors (Lipinski definition) is 5. The van der Waals surface area contributed by atoms with Crippen molar-refractivity contribution >= 4 is 72.5 Å². The van der Waals surface area contributed by atoms with E-state index in [0.29, 0.717) is 21.2 Å². The van der Waals surface area contributed by atoms with Crippen molar-refractivity contribution in [2.24, 2.45) is 5.10 Å². The van der Waals surface area contributed by atoms with E-state index in [0.717, 1.165) is 13.7 Å². The van der Waals surface area contributed by atoms with E-state index in [1.165, 1.54) is 12.4 Å². The van der Waals surface area contributed by atoms with Crippen LogP contribution in [0.15, 0.2) is 68.8 Å². The predicted molar refractivity (Wildman–Crippen MR) is 130 cm³/mol. The summed E-state index contributed by atoms with van der Waals surface area (Å²) in [6, 6.07) is 14.0. The van der Waals surface area contributed by atoms with Gasteiger partial charge in [0, 0.05) is 25.5 Å². The highest BCUT2D eigenvalue weighted by atomic mass is 127. The van der Waals surface area contributed by atoms with Gasteiger partial charge in [0.1, 0.15) is 0 Å². The van der Waals surface area contributed by atoms with Crippen molar-refractivity contribution in [1.82, 2.24) is 10.4 Å². The number of carbonyl (C=O) groups is 2. The van der Waals surface area contributed by atoms with Gasteiger partial charge < -0.3 is 4.74 Å². The largest absolute Gasteiger partial charge is 0.421 e. The number of nitrogens with one attached hydrogen (secondary N) is 1. The second-order valence-electron chi connectivity index (χ2n) is 6.06. The molecule has 0 spiro atoms. The Kier molecular flexibility index (Phi) is 7.73. The van der Waals surface area contributed by atoms with E-state index in [4.69, 9.17) is 4.74 Å². The third kappa shape index (κ3) is 5.73. The number of rotatable bonds is 5. The Hall–Kier alpha value is -2.11. The van der Waals surface area contributed by atoms with Gasteiger partial charge in [0.2, 0.25) is 0 Å². The van der Waals surface area contributed by atoms with Gasteiger partial charge in [-0.05, 0) is 81.8 Å². The Morgan fingerprint density at radius 2 is 1.93 bits per heavy atom. The Morgan fingerprint density at radius 1 is 1.17 bits per heavy atom. The summed E-state index contributed by atoms with van der Waals surface area (Å²) in [5.74, 6) is -0.601. The lowest BCUT2D eigenvalue weighted by atomic mass is 10.2. The van der Waals surface area contributed by atoms with Gasteiger partial charge >= 0.3 is 5.97 Å². The van der Waals surface area contributed by atoms with Crippen LogP contribution in [0.3, 0.4) is 0 Å². The molecule has 1 amide bonds. The van der Waals surface area contributed by atoms with Gasteiger partial charge in [-0.1, -0.05) is 28.1 Å². The van der Waals surface area contributed by atoms with Gasteiger partial charge in [-0.15, -0.1) is 0 Å². The summed E-state index contributed by atoms with van der Waals surface area (Å²) in [4.78, 5) is 28.9. The normalized spacial score (nSPS) is 10.8. The van der Waals surface area contributed by atoms with Crippen LogP contribution in [0.5, 0.6) is 5.75 Å². The molecule has 9 heteroatoms. The summed E-state index contributed by atoms with van der Waals surface area (Å²) >= 11 is 8.90. The lowest BCUT2D eigenvalue weighted by Crippen LogP contribution is -2.18. The fourth-order valence-corrected chi connectivity index (χ4v) is 4.33. The first-order chi connectivity index (χ1) is 14.3. The number of pyridine rings is 1. The topological polar surface area (TPSA) is 80.6 Å². The van der Waals surface area contributed by atoms with Crippen molar-refractivity contribution < 1.29 is 14.3 Å². The Labute approximate surface area is 203 Å². The number of hydrazone groups is 1. The number of benzene rings is 2. The fourth-order valence-electron chi connectivity index (χ4n) is 2.39. The maximum atomic E-state index is 12.6. The third-order valence-electron chi connectivity index (χ3n) is 3.87. The molecule has 0 atom stereocenters. The molecule has 0 radical (unpaired) electrons. The quantitative estimate of drug-likeness (QED) is 0.131. The highest BCUT2D eigenvalue weighted by Gasteiger charge is 2.17. The molecule has 152 valence electrons. The molecule has 0 aliphatic rings. The van der Waals surface area contributed by atoms with E-state index < -0.39 is 11.9 Å². The molecule has 1 heterocycles. The van der Waals surface area contributed by atoms with E-state index in [1.807, 2.05) is 19.1 Å². The van der Waals surface area contributed by atoms with Gasteiger partial charge in [0.15, 0.2) is 5.75 Å². The number of aryl methyl sites for hydroxylation is 1. The summed E-state index contributed by atoms with van der Waals surface area (Å²) < 4.78 is 7.72. The molecule has 0 saturated carbocycles. The highest BCUT2D eigenvalue weighted by molar-refractivity contribution is 14.1. The average Bonchev–Trinajstić information content (AvgIpc) is 2.71. The predicted octanol–water partition coefficient (Wildman–Crippen LogP) is 5.50. The molecule has 0 fully saturated rings. The minimum absolute atomic E-state index is 0.290. The van der Waals surface area contributed by atoms with Crippen LogP contribution < -0.4 is 10.2 Å². The zero-order valence-corrected chi connectivity index (χ0v) is 20.9. The van der Waals surface area contributed by atoms with Crippen molar-refractivity contribution in [3.63, 3.8) is 0 Å². The molecule has 1 aromatic heterocycles. The van der Waals surface area contributed by atoms with Crippen molar-refractivity contribution in [3.8, 4) is 5.75 Å². The summed E-state index contributed by atoms with van der Waals surface area (Å²) in [7, 11) is 0. The molecule has 3 aromatic rings. The molecular formula is C21H14Br2IN3O3. The molecule has 3 rings (SSSR count). The third-order valence-corrected chi connectivity index (χ3v) is 5.86. The summed E-state index contributed by atoms with van der Waals surface area (Å²) in [5, 5.41) is 3.99. The zero-order valence-electron chi connectivity index (χ0n) is 15.5. The first-order valence-electron chi connectivity index (χ1n) is 8.57. The summed E-state index contributed by atoms with van der Waals surface area (Å²) in [5.41, 5.74) is 4.60. The van der Waals surface area contributed by atoms with E-state index in [1.54, 1.807) is 36.4 Å². The number of ether oxygens (including phenoxy) is 1. The van der Waals surface area contributed by atoms with Crippen molar-refractivity contribution in [2.75, 3.05) is 0 Å². The van der Waals surface area contributed by atoms with E-state index in [-0.39, 0.29) is 5.75 Å². The molecule has 0 aliphatic carbocycles. The number of hydrogen-bond donors (Lipinski definition) is 1. The summed E-state index contributed by atoms with van der Waals surface area (Å²) in [6.07, 6.45) is 2.89. The lowest BCUT2D eigenvalue weighted by molar-refractivity contribution is 0.0731.